The lowest BCUT2D eigenvalue weighted by molar-refractivity contribution is -0.142. The molecular formula is C15H16N2O3S. The van der Waals surface area contributed by atoms with Gasteiger partial charge in [-0.15, -0.1) is 11.3 Å². The zero-order valence-electron chi connectivity index (χ0n) is 12.0. The summed E-state index contributed by atoms with van der Waals surface area (Å²) in [5, 5.41) is 12.8. The monoisotopic (exact) mass is 304 g/mol. The number of carboxylic acids is 1. The number of hydrogen-bond donors (Lipinski definition) is 2. The number of aromatic nitrogens is 1. The van der Waals surface area contributed by atoms with Gasteiger partial charge in [0, 0.05) is 5.69 Å². The summed E-state index contributed by atoms with van der Waals surface area (Å²) in [4.78, 5) is 27.8. The largest absolute Gasteiger partial charge is 0.481 e. The molecule has 1 aromatic heterocycles. The summed E-state index contributed by atoms with van der Waals surface area (Å²) in [6.45, 7) is 5.12. The second kappa shape index (κ2) is 5.65. The van der Waals surface area contributed by atoms with Crippen LogP contribution in [0.4, 0.5) is 5.69 Å². The number of aryl methyl sites for hydroxylation is 1. The average Bonchev–Trinajstić information content (AvgIpc) is 2.86. The molecule has 110 valence electrons. The zero-order valence-corrected chi connectivity index (χ0v) is 12.8. The summed E-state index contributed by atoms with van der Waals surface area (Å²) in [5.74, 6) is -1.11. The number of aliphatic carboxylic acids is 1. The molecule has 2 N–H and O–H groups in total. The second-order valence-electron chi connectivity index (χ2n) is 5.21. The summed E-state index contributed by atoms with van der Waals surface area (Å²) in [6.07, 6.45) is 1.54. The molecule has 2 aromatic rings. The number of carbonyl (C=O) groups is 2. The predicted molar refractivity (Wildman–Crippen MR) is 81.9 cm³/mol. The van der Waals surface area contributed by atoms with Crippen LogP contribution in [0.25, 0.3) is 0 Å². The number of benzene rings is 1. The molecule has 0 aliphatic heterocycles. The molecule has 0 fully saturated rings. The fourth-order valence-electron chi connectivity index (χ4n) is 1.75. The topological polar surface area (TPSA) is 79.3 Å². The Labute approximate surface area is 126 Å². The highest BCUT2D eigenvalue weighted by molar-refractivity contribution is 7.13. The van der Waals surface area contributed by atoms with E-state index in [4.69, 9.17) is 0 Å². The number of thiazole rings is 1. The number of nitrogens with zero attached hydrogens (tertiary/aromatic N) is 1. The zero-order chi connectivity index (χ0) is 15.6. The van der Waals surface area contributed by atoms with Gasteiger partial charge in [0.25, 0.3) is 5.91 Å². The van der Waals surface area contributed by atoms with Crippen LogP contribution in [0.3, 0.4) is 0 Å². The van der Waals surface area contributed by atoms with Crippen molar-refractivity contribution < 1.29 is 14.7 Å². The lowest BCUT2D eigenvalue weighted by Crippen LogP contribution is -2.28. The number of amides is 1. The van der Waals surface area contributed by atoms with Crippen molar-refractivity contribution in [3.63, 3.8) is 0 Å². The molecule has 0 spiro atoms. The van der Waals surface area contributed by atoms with Crippen molar-refractivity contribution in [2.45, 2.75) is 26.2 Å². The molecule has 2 rings (SSSR count). The molecule has 0 radical (unpaired) electrons. The van der Waals surface area contributed by atoms with Crippen molar-refractivity contribution in [3.05, 3.63) is 45.9 Å². The van der Waals surface area contributed by atoms with Gasteiger partial charge in [-0.2, -0.15) is 0 Å². The fourth-order valence-corrected chi connectivity index (χ4v) is 2.43. The van der Waals surface area contributed by atoms with Gasteiger partial charge >= 0.3 is 5.97 Å². The van der Waals surface area contributed by atoms with E-state index in [0.29, 0.717) is 16.1 Å². The van der Waals surface area contributed by atoms with E-state index in [1.54, 1.807) is 38.1 Å². The minimum Gasteiger partial charge on any atom is -0.481 e. The predicted octanol–water partition coefficient (Wildman–Crippen LogP) is 3.07. The van der Waals surface area contributed by atoms with Crippen LogP contribution in [0.5, 0.6) is 0 Å². The summed E-state index contributed by atoms with van der Waals surface area (Å²) in [6, 6.07) is 6.82. The molecular weight excluding hydrogens is 288 g/mol. The van der Waals surface area contributed by atoms with Crippen LogP contribution in [-0.4, -0.2) is 22.0 Å². The molecule has 1 aromatic carbocycles. The van der Waals surface area contributed by atoms with E-state index in [9.17, 15) is 14.7 Å². The highest BCUT2D eigenvalue weighted by Crippen LogP contribution is 2.25. The fraction of sp³-hybridized carbons (Fsp3) is 0.267. The van der Waals surface area contributed by atoms with E-state index in [0.717, 1.165) is 5.01 Å². The molecule has 0 bridgehead atoms. The van der Waals surface area contributed by atoms with Gasteiger partial charge in [-0.25, -0.2) is 4.98 Å². The maximum Gasteiger partial charge on any atom is 0.313 e. The molecule has 5 nitrogen and oxygen atoms in total. The third-order valence-corrected chi connectivity index (χ3v) is 4.16. The molecule has 0 atom stereocenters. The summed E-state index contributed by atoms with van der Waals surface area (Å²) >= 11 is 1.33. The first-order valence-electron chi connectivity index (χ1n) is 6.38. The van der Waals surface area contributed by atoms with Crippen LogP contribution in [0.2, 0.25) is 0 Å². The number of rotatable bonds is 4. The highest BCUT2D eigenvalue weighted by Gasteiger charge is 2.29. The highest BCUT2D eigenvalue weighted by atomic mass is 32.1. The second-order valence-corrected chi connectivity index (χ2v) is 6.44. The molecule has 1 heterocycles. The third-order valence-electron chi connectivity index (χ3n) is 3.24. The quantitative estimate of drug-likeness (QED) is 0.909. The van der Waals surface area contributed by atoms with E-state index in [2.05, 4.69) is 10.3 Å². The SMILES string of the molecule is Cc1ncc(C(=O)Nc2ccc(C(C)(C)C(=O)O)cc2)s1. The number of carboxylic acid groups (broad SMARTS) is 1. The minimum absolute atomic E-state index is 0.217. The Morgan fingerprint density at radius 1 is 1.24 bits per heavy atom. The van der Waals surface area contributed by atoms with Crippen LogP contribution in [0, 0.1) is 6.92 Å². The van der Waals surface area contributed by atoms with Crippen molar-refractivity contribution in [2.24, 2.45) is 0 Å². The molecule has 0 saturated carbocycles. The van der Waals surface area contributed by atoms with Crippen molar-refractivity contribution >= 4 is 28.9 Å². The summed E-state index contributed by atoms with van der Waals surface area (Å²) < 4.78 is 0. The normalized spacial score (nSPS) is 11.2. The smallest absolute Gasteiger partial charge is 0.313 e. The van der Waals surface area contributed by atoms with Crippen LogP contribution < -0.4 is 5.32 Å². The van der Waals surface area contributed by atoms with Crippen LogP contribution >= 0.6 is 11.3 Å². The molecule has 0 unspecified atom stereocenters. The minimum atomic E-state index is -0.961. The molecule has 6 heteroatoms. The third kappa shape index (κ3) is 3.28. The Morgan fingerprint density at radius 2 is 1.86 bits per heavy atom. The first kappa shape index (κ1) is 15.2. The molecule has 0 saturated heterocycles. The van der Waals surface area contributed by atoms with Gasteiger partial charge < -0.3 is 10.4 Å². The molecule has 1 amide bonds. The lowest BCUT2D eigenvalue weighted by Gasteiger charge is -2.19. The van der Waals surface area contributed by atoms with Crippen molar-refractivity contribution in [3.8, 4) is 0 Å². The Balaban J connectivity index is 2.13. The van der Waals surface area contributed by atoms with Gasteiger partial charge in [-0.1, -0.05) is 12.1 Å². The maximum absolute atomic E-state index is 12.0. The Kier molecular flexibility index (Phi) is 4.09. The molecule has 0 aliphatic carbocycles. The molecule has 0 aliphatic rings. The van der Waals surface area contributed by atoms with E-state index >= 15 is 0 Å². The van der Waals surface area contributed by atoms with Crippen molar-refractivity contribution in [1.82, 2.24) is 4.98 Å². The lowest BCUT2D eigenvalue weighted by atomic mass is 9.85. The van der Waals surface area contributed by atoms with Crippen LogP contribution in [-0.2, 0) is 10.2 Å². The van der Waals surface area contributed by atoms with Crippen molar-refractivity contribution in [2.75, 3.05) is 5.32 Å². The molecule has 21 heavy (non-hydrogen) atoms. The number of hydrogen-bond acceptors (Lipinski definition) is 4. The first-order valence-corrected chi connectivity index (χ1v) is 7.20. The van der Waals surface area contributed by atoms with E-state index < -0.39 is 11.4 Å². The number of carbonyl (C=O) groups excluding carboxylic acids is 1. The van der Waals surface area contributed by atoms with Crippen molar-refractivity contribution in [1.29, 1.82) is 0 Å². The van der Waals surface area contributed by atoms with Gasteiger partial charge in [0.05, 0.1) is 16.6 Å². The summed E-state index contributed by atoms with van der Waals surface area (Å²) in [5.41, 5.74) is 0.342. The van der Waals surface area contributed by atoms with Crippen LogP contribution in [0.1, 0.15) is 34.1 Å². The van der Waals surface area contributed by atoms with Gasteiger partial charge in [0.2, 0.25) is 0 Å². The Hall–Kier alpha value is -2.21. The number of anilines is 1. The number of nitrogens with one attached hydrogen (secondary N) is 1. The first-order chi connectivity index (χ1) is 9.80. The van der Waals surface area contributed by atoms with Gasteiger partial charge in [-0.3, -0.25) is 9.59 Å². The van der Waals surface area contributed by atoms with E-state index in [1.165, 1.54) is 17.5 Å². The summed E-state index contributed by atoms with van der Waals surface area (Å²) in [7, 11) is 0. The van der Waals surface area contributed by atoms with Crippen LogP contribution in [0.15, 0.2) is 30.5 Å². The van der Waals surface area contributed by atoms with Gasteiger partial charge in [-0.05, 0) is 38.5 Å². The maximum atomic E-state index is 12.0. The van der Waals surface area contributed by atoms with E-state index in [1.807, 2.05) is 6.92 Å². The van der Waals surface area contributed by atoms with Gasteiger partial charge in [0.15, 0.2) is 0 Å². The van der Waals surface area contributed by atoms with Gasteiger partial charge in [0.1, 0.15) is 4.88 Å². The Morgan fingerprint density at radius 3 is 2.33 bits per heavy atom. The standard InChI is InChI=1S/C15H16N2O3S/c1-9-16-8-12(21-9)13(18)17-11-6-4-10(5-7-11)15(2,3)14(19)20/h4-8H,1-3H3,(H,17,18)(H,19,20). The van der Waals surface area contributed by atoms with E-state index in [-0.39, 0.29) is 5.91 Å². The Bertz CT molecular complexity index is 674. The average molecular weight is 304 g/mol.